The number of benzene rings is 3. The van der Waals surface area contributed by atoms with Crippen LogP contribution in [0.25, 0.3) is 11.3 Å². The van der Waals surface area contributed by atoms with Crippen LogP contribution in [-0.2, 0) is 17.5 Å². The Morgan fingerprint density at radius 1 is 1.05 bits per heavy atom. The summed E-state index contributed by atoms with van der Waals surface area (Å²) in [6, 6.07) is 18.4. The Bertz CT molecular complexity index is 1530. The van der Waals surface area contributed by atoms with Crippen molar-refractivity contribution in [3.63, 3.8) is 0 Å². The molecule has 1 heterocycles. The van der Waals surface area contributed by atoms with Gasteiger partial charge in [0.2, 0.25) is 0 Å². The molecule has 0 atom stereocenters. The number of hydrogen-bond donors (Lipinski definition) is 0. The molecule has 0 aliphatic heterocycles. The van der Waals surface area contributed by atoms with Gasteiger partial charge < -0.3 is 14.0 Å². The Morgan fingerprint density at radius 2 is 1.79 bits per heavy atom. The third kappa shape index (κ3) is 5.68. The van der Waals surface area contributed by atoms with Crippen molar-refractivity contribution in [1.82, 2.24) is 5.16 Å². The summed E-state index contributed by atoms with van der Waals surface area (Å²) in [5.74, 6) is 3.11. The number of ether oxygens (including phenoxy) is 2. The molecule has 0 unspecified atom stereocenters. The molecule has 38 heavy (non-hydrogen) atoms. The number of esters is 1. The molecule has 1 aliphatic carbocycles. The number of alkyl halides is 3. The first-order chi connectivity index (χ1) is 18.3. The smallest absolute Gasteiger partial charge is 0.417 e. The second-order valence-electron chi connectivity index (χ2n) is 8.60. The molecule has 1 fully saturated rings. The zero-order valence-electron chi connectivity index (χ0n) is 19.7. The quantitative estimate of drug-likeness (QED) is 0.187. The largest absolute Gasteiger partial charge is 0.489 e. The minimum absolute atomic E-state index is 0.0626. The highest BCUT2D eigenvalue weighted by molar-refractivity contribution is 6.31. The Balaban J connectivity index is 1.33. The summed E-state index contributed by atoms with van der Waals surface area (Å²) in [7, 11) is 0. The van der Waals surface area contributed by atoms with Gasteiger partial charge in [-0.1, -0.05) is 53.2 Å². The summed E-state index contributed by atoms with van der Waals surface area (Å²) in [6.07, 6.45) is -0.458. The van der Waals surface area contributed by atoms with Crippen molar-refractivity contribution in [2.75, 3.05) is 0 Å². The van der Waals surface area contributed by atoms with Crippen molar-refractivity contribution < 1.29 is 32.0 Å². The first-order valence-electron chi connectivity index (χ1n) is 11.7. The van der Waals surface area contributed by atoms with Crippen LogP contribution in [0.5, 0.6) is 5.75 Å². The molecule has 4 aromatic rings. The van der Waals surface area contributed by atoms with E-state index in [9.17, 15) is 18.0 Å². The van der Waals surface area contributed by atoms with Crippen LogP contribution < -0.4 is 4.74 Å². The van der Waals surface area contributed by atoms with E-state index in [1.807, 2.05) is 0 Å². The topological polar surface area (TPSA) is 61.6 Å². The number of carbonyl (C=O) groups excluding carboxylic acids is 1. The highest BCUT2D eigenvalue weighted by Gasteiger charge is 2.37. The summed E-state index contributed by atoms with van der Waals surface area (Å²) in [6.45, 7) is -0.0626. The fraction of sp³-hybridized carbons (Fsp3) is 0.172. The fourth-order valence-corrected chi connectivity index (χ4v) is 4.10. The normalized spacial score (nSPS) is 12.9. The molecule has 9 heteroatoms. The van der Waals surface area contributed by atoms with Gasteiger partial charge >= 0.3 is 12.1 Å². The molecule has 0 bridgehead atoms. The van der Waals surface area contributed by atoms with E-state index < -0.39 is 17.7 Å². The highest BCUT2D eigenvalue weighted by atomic mass is 35.5. The lowest BCUT2D eigenvalue weighted by molar-refractivity contribution is -0.137. The summed E-state index contributed by atoms with van der Waals surface area (Å²) >= 11 is 6.33. The Hall–Kier alpha value is -4.22. The number of nitrogens with zero attached hydrogens (tertiary/aromatic N) is 1. The number of halogens is 4. The molecule has 1 aromatic heterocycles. The van der Waals surface area contributed by atoms with E-state index in [2.05, 4.69) is 17.2 Å². The maximum atomic E-state index is 13.7. The van der Waals surface area contributed by atoms with Gasteiger partial charge in [0.25, 0.3) is 0 Å². The van der Waals surface area contributed by atoms with Crippen molar-refractivity contribution in [2.45, 2.75) is 31.5 Å². The van der Waals surface area contributed by atoms with Gasteiger partial charge in [-0.25, -0.2) is 4.79 Å². The van der Waals surface area contributed by atoms with Gasteiger partial charge in [-0.3, -0.25) is 0 Å². The van der Waals surface area contributed by atoms with E-state index in [-0.39, 0.29) is 28.8 Å². The van der Waals surface area contributed by atoms with E-state index in [1.165, 1.54) is 24.3 Å². The van der Waals surface area contributed by atoms with Crippen LogP contribution in [0.2, 0.25) is 5.02 Å². The van der Waals surface area contributed by atoms with Crippen molar-refractivity contribution >= 4 is 17.6 Å². The van der Waals surface area contributed by atoms with Gasteiger partial charge in [0.1, 0.15) is 29.9 Å². The standard InChI is InChI=1S/C29H19ClF3NO4/c30-25-16-21(13-12-18(25)14-15-36-28(35)20-6-2-1-3-7-20)37-17-23-26(34-38-27(23)19-10-11-19)22-8-4-5-9-24(22)29(31,32)33/h1-9,12-13,16,19H,10-11,17H2. The molecule has 5 nitrogen and oxygen atoms in total. The van der Waals surface area contributed by atoms with E-state index in [0.29, 0.717) is 28.2 Å². The van der Waals surface area contributed by atoms with Crippen molar-refractivity contribution in [3.05, 3.63) is 106 Å². The lowest BCUT2D eigenvalue weighted by Crippen LogP contribution is -2.08. The predicted octanol–water partition coefficient (Wildman–Crippen LogP) is 7.64. The Kier molecular flexibility index (Phi) is 7.12. The molecule has 192 valence electrons. The van der Waals surface area contributed by atoms with Crippen LogP contribution in [0.4, 0.5) is 13.2 Å². The van der Waals surface area contributed by atoms with Gasteiger partial charge in [-0.2, -0.15) is 13.2 Å². The van der Waals surface area contributed by atoms with Crippen LogP contribution in [0.15, 0.2) is 77.3 Å². The zero-order chi connectivity index (χ0) is 26.7. The van der Waals surface area contributed by atoms with Gasteiger partial charge in [-0.05, 0) is 49.1 Å². The second kappa shape index (κ2) is 10.6. The molecule has 0 radical (unpaired) electrons. The first kappa shape index (κ1) is 25.4. The van der Waals surface area contributed by atoms with Crippen LogP contribution in [0.3, 0.4) is 0 Å². The lowest BCUT2D eigenvalue weighted by atomic mass is 9.99. The van der Waals surface area contributed by atoms with Crippen molar-refractivity contribution in [2.24, 2.45) is 0 Å². The van der Waals surface area contributed by atoms with Gasteiger partial charge in [0.05, 0.1) is 21.7 Å². The highest BCUT2D eigenvalue weighted by Crippen LogP contribution is 2.46. The minimum atomic E-state index is -4.55. The molecular weight excluding hydrogens is 519 g/mol. The zero-order valence-corrected chi connectivity index (χ0v) is 20.5. The third-order valence-corrected chi connectivity index (χ3v) is 6.23. The summed E-state index contributed by atoms with van der Waals surface area (Å²) < 4.78 is 57.3. The monoisotopic (exact) mass is 537 g/mol. The van der Waals surface area contributed by atoms with Crippen LogP contribution in [-0.4, -0.2) is 11.1 Å². The maximum Gasteiger partial charge on any atom is 0.417 e. The van der Waals surface area contributed by atoms with E-state index in [4.69, 9.17) is 25.6 Å². The molecule has 0 N–H and O–H groups in total. The second-order valence-corrected chi connectivity index (χ2v) is 9.01. The van der Waals surface area contributed by atoms with Crippen molar-refractivity contribution in [1.29, 1.82) is 0 Å². The summed E-state index contributed by atoms with van der Waals surface area (Å²) in [4.78, 5) is 12.0. The summed E-state index contributed by atoms with van der Waals surface area (Å²) in [5.41, 5.74) is 0.487. The van der Waals surface area contributed by atoms with Gasteiger partial charge in [0, 0.05) is 23.1 Å². The maximum absolute atomic E-state index is 13.7. The molecule has 0 spiro atoms. The van der Waals surface area contributed by atoms with Crippen molar-refractivity contribution in [3.8, 4) is 29.0 Å². The van der Waals surface area contributed by atoms with Crippen LogP contribution in [0, 0.1) is 12.0 Å². The third-order valence-electron chi connectivity index (χ3n) is 5.92. The molecule has 0 amide bonds. The van der Waals surface area contributed by atoms with E-state index >= 15 is 0 Å². The Labute approximate surface area is 221 Å². The van der Waals surface area contributed by atoms with Gasteiger partial charge in [0.15, 0.2) is 0 Å². The predicted molar refractivity (Wildman–Crippen MR) is 133 cm³/mol. The molecule has 3 aromatic carbocycles. The van der Waals surface area contributed by atoms with Crippen LogP contribution >= 0.6 is 11.6 Å². The summed E-state index contributed by atoms with van der Waals surface area (Å²) in [5, 5.41) is 4.25. The fourth-order valence-electron chi connectivity index (χ4n) is 3.88. The molecule has 1 aliphatic rings. The van der Waals surface area contributed by atoms with Gasteiger partial charge in [-0.15, -0.1) is 0 Å². The Morgan fingerprint density at radius 3 is 2.50 bits per heavy atom. The average Bonchev–Trinajstić information content (AvgIpc) is 3.67. The average molecular weight is 538 g/mol. The molecule has 5 rings (SSSR count). The molecule has 0 saturated heterocycles. The number of carbonyl (C=O) groups is 1. The van der Waals surface area contributed by atoms with E-state index in [1.54, 1.807) is 42.5 Å². The minimum Gasteiger partial charge on any atom is -0.489 e. The molecule has 1 saturated carbocycles. The number of aromatic nitrogens is 1. The molecular formula is C29H19ClF3NO4. The van der Waals surface area contributed by atoms with Crippen LogP contribution in [0.1, 0.15) is 51.6 Å². The van der Waals surface area contributed by atoms with E-state index in [0.717, 1.165) is 18.9 Å². The number of hydrogen-bond acceptors (Lipinski definition) is 5. The lowest BCUT2D eigenvalue weighted by Gasteiger charge is -2.13. The SMILES string of the molecule is O=C(OC#Cc1ccc(OCc2c(-c3ccccc3C(F)(F)F)noc2C2CC2)cc1Cl)c1ccccc1. The first-order valence-corrected chi connectivity index (χ1v) is 12.0. The number of rotatable bonds is 6.